The van der Waals surface area contributed by atoms with Crippen LogP contribution in [0.4, 0.5) is 0 Å². The predicted octanol–water partition coefficient (Wildman–Crippen LogP) is 5.20. The van der Waals surface area contributed by atoms with Crippen molar-refractivity contribution in [3.8, 4) is 5.75 Å². The molecule has 2 N–H and O–H groups in total. The van der Waals surface area contributed by atoms with Crippen LogP contribution in [0.15, 0.2) is 18.2 Å². The molecule has 1 aliphatic carbocycles. The first-order valence-electron chi connectivity index (χ1n) is 7.92. The van der Waals surface area contributed by atoms with Crippen LogP contribution in [0.5, 0.6) is 5.75 Å². The minimum Gasteiger partial charge on any atom is -0.495 e. The number of methoxy groups -OCH3 is 1. The van der Waals surface area contributed by atoms with Gasteiger partial charge in [-0.15, -0.1) is 0 Å². The van der Waals surface area contributed by atoms with Gasteiger partial charge in [-0.05, 0) is 60.6 Å². The second kappa shape index (κ2) is 6.58. The molecule has 1 aliphatic rings. The van der Waals surface area contributed by atoms with Crippen molar-refractivity contribution in [2.24, 2.45) is 23.0 Å². The fourth-order valence-corrected chi connectivity index (χ4v) is 3.77. The van der Waals surface area contributed by atoms with Crippen molar-refractivity contribution in [1.29, 1.82) is 0 Å². The minimum absolute atomic E-state index is 0.0781. The van der Waals surface area contributed by atoms with Gasteiger partial charge in [-0.1, -0.05) is 38.4 Å². The molecule has 0 spiro atoms. The van der Waals surface area contributed by atoms with E-state index in [1.54, 1.807) is 7.11 Å². The average Bonchev–Trinajstić information content (AvgIpc) is 2.45. The second-order valence-corrected chi connectivity index (χ2v) is 7.80. The summed E-state index contributed by atoms with van der Waals surface area (Å²) in [6.07, 6.45) is 5.00. The van der Waals surface area contributed by atoms with Gasteiger partial charge in [0.2, 0.25) is 0 Å². The topological polar surface area (TPSA) is 35.2 Å². The summed E-state index contributed by atoms with van der Waals surface area (Å²) in [4.78, 5) is 0. The Labute approximate surface area is 134 Å². The number of hydrogen-bond donors (Lipinski definition) is 1. The van der Waals surface area contributed by atoms with Crippen LogP contribution in [-0.2, 0) is 0 Å². The summed E-state index contributed by atoms with van der Waals surface area (Å²) in [5, 5.41) is 0.647. The number of benzene rings is 1. The van der Waals surface area contributed by atoms with Gasteiger partial charge in [0, 0.05) is 6.04 Å². The van der Waals surface area contributed by atoms with Gasteiger partial charge in [-0.25, -0.2) is 0 Å². The van der Waals surface area contributed by atoms with Crippen molar-refractivity contribution in [3.05, 3.63) is 28.8 Å². The quantitative estimate of drug-likeness (QED) is 0.832. The molecular formula is C18H28ClNO. The molecule has 1 unspecified atom stereocenters. The highest BCUT2D eigenvalue weighted by atomic mass is 35.5. The molecule has 0 radical (unpaired) electrons. The molecule has 1 saturated carbocycles. The molecule has 2 rings (SSSR count). The molecule has 0 aliphatic heterocycles. The molecule has 0 aromatic heterocycles. The van der Waals surface area contributed by atoms with Gasteiger partial charge in [-0.2, -0.15) is 0 Å². The first-order valence-corrected chi connectivity index (χ1v) is 8.29. The Kier molecular flexibility index (Phi) is 5.21. The number of hydrogen-bond acceptors (Lipinski definition) is 2. The molecular weight excluding hydrogens is 282 g/mol. The molecule has 0 amide bonds. The van der Waals surface area contributed by atoms with Crippen LogP contribution >= 0.6 is 11.6 Å². The van der Waals surface area contributed by atoms with E-state index < -0.39 is 0 Å². The molecule has 0 bridgehead atoms. The third-order valence-electron chi connectivity index (χ3n) is 5.07. The van der Waals surface area contributed by atoms with E-state index in [1.165, 1.54) is 25.7 Å². The maximum absolute atomic E-state index is 6.49. The second-order valence-electron chi connectivity index (χ2n) is 7.40. The van der Waals surface area contributed by atoms with Crippen molar-refractivity contribution in [2.75, 3.05) is 7.11 Å². The van der Waals surface area contributed by atoms with Crippen LogP contribution in [0.2, 0.25) is 5.02 Å². The standard InChI is InChI=1S/C18H28ClNO/c1-18(2,3)14-8-5-12(6-9-14)17(20)13-7-10-16(21-4)15(19)11-13/h7,10-12,14,17H,5-6,8-9,20H2,1-4H3. The summed E-state index contributed by atoms with van der Waals surface area (Å²) in [6.45, 7) is 7.05. The van der Waals surface area contributed by atoms with Crippen LogP contribution in [0.25, 0.3) is 0 Å². The van der Waals surface area contributed by atoms with Crippen LogP contribution in [0, 0.1) is 17.3 Å². The summed E-state index contributed by atoms with van der Waals surface area (Å²) < 4.78 is 5.20. The monoisotopic (exact) mass is 309 g/mol. The summed E-state index contributed by atoms with van der Waals surface area (Å²) >= 11 is 6.21. The lowest BCUT2D eigenvalue weighted by Gasteiger charge is -2.38. The first-order chi connectivity index (χ1) is 9.82. The Morgan fingerprint density at radius 2 is 1.81 bits per heavy atom. The third-order valence-corrected chi connectivity index (χ3v) is 5.36. The van der Waals surface area contributed by atoms with Crippen molar-refractivity contribution in [2.45, 2.75) is 52.5 Å². The van der Waals surface area contributed by atoms with Crippen LogP contribution in [-0.4, -0.2) is 7.11 Å². The summed E-state index contributed by atoms with van der Waals surface area (Å²) in [5.41, 5.74) is 8.03. The highest BCUT2D eigenvalue weighted by Crippen LogP contribution is 2.43. The average molecular weight is 310 g/mol. The molecule has 0 heterocycles. The molecule has 1 fully saturated rings. The lowest BCUT2D eigenvalue weighted by Crippen LogP contribution is -2.30. The number of halogens is 1. The first kappa shape index (κ1) is 16.6. The maximum Gasteiger partial charge on any atom is 0.137 e. The zero-order valence-electron chi connectivity index (χ0n) is 13.7. The Balaban J connectivity index is 2.02. The Morgan fingerprint density at radius 1 is 1.19 bits per heavy atom. The lowest BCUT2D eigenvalue weighted by atomic mass is 9.68. The summed E-state index contributed by atoms with van der Waals surface area (Å²) in [7, 11) is 1.63. The van der Waals surface area contributed by atoms with E-state index in [4.69, 9.17) is 22.1 Å². The van der Waals surface area contributed by atoms with Crippen molar-refractivity contribution < 1.29 is 4.74 Å². The van der Waals surface area contributed by atoms with Gasteiger partial charge in [0.1, 0.15) is 5.75 Å². The molecule has 1 aromatic carbocycles. The molecule has 3 heteroatoms. The molecule has 0 saturated heterocycles. The zero-order valence-corrected chi connectivity index (χ0v) is 14.4. The highest BCUT2D eigenvalue weighted by Gasteiger charge is 2.32. The smallest absolute Gasteiger partial charge is 0.137 e. The predicted molar refractivity (Wildman–Crippen MR) is 89.8 cm³/mol. The lowest BCUT2D eigenvalue weighted by molar-refractivity contribution is 0.139. The maximum atomic E-state index is 6.49. The van der Waals surface area contributed by atoms with E-state index in [0.717, 1.165) is 11.5 Å². The minimum atomic E-state index is 0.0781. The SMILES string of the molecule is COc1ccc(C(N)C2CCC(C(C)(C)C)CC2)cc1Cl. The largest absolute Gasteiger partial charge is 0.495 e. The van der Waals surface area contributed by atoms with Crippen molar-refractivity contribution in [1.82, 2.24) is 0 Å². The Hall–Kier alpha value is -0.730. The van der Waals surface area contributed by atoms with E-state index in [0.29, 0.717) is 22.1 Å². The summed E-state index contributed by atoms with van der Waals surface area (Å²) in [6, 6.07) is 6.00. The summed E-state index contributed by atoms with van der Waals surface area (Å²) in [5.74, 6) is 2.09. The van der Waals surface area contributed by atoms with E-state index in [9.17, 15) is 0 Å². The molecule has 1 aromatic rings. The van der Waals surface area contributed by atoms with E-state index in [2.05, 4.69) is 20.8 Å². The van der Waals surface area contributed by atoms with Gasteiger partial charge in [0.15, 0.2) is 0 Å². The van der Waals surface area contributed by atoms with Crippen molar-refractivity contribution >= 4 is 11.6 Å². The van der Waals surface area contributed by atoms with Gasteiger partial charge in [0.05, 0.1) is 12.1 Å². The molecule has 2 nitrogen and oxygen atoms in total. The highest BCUT2D eigenvalue weighted by molar-refractivity contribution is 6.32. The van der Waals surface area contributed by atoms with Crippen LogP contribution < -0.4 is 10.5 Å². The van der Waals surface area contributed by atoms with Crippen molar-refractivity contribution in [3.63, 3.8) is 0 Å². The number of ether oxygens (including phenoxy) is 1. The zero-order chi connectivity index (χ0) is 15.6. The Bertz CT molecular complexity index is 473. The third kappa shape index (κ3) is 3.92. The molecule has 1 atom stereocenters. The van der Waals surface area contributed by atoms with Gasteiger partial charge in [0.25, 0.3) is 0 Å². The van der Waals surface area contributed by atoms with Gasteiger partial charge >= 0.3 is 0 Å². The van der Waals surface area contributed by atoms with Crippen LogP contribution in [0.1, 0.15) is 58.1 Å². The normalized spacial score (nSPS) is 24.7. The van der Waals surface area contributed by atoms with E-state index in [1.807, 2.05) is 18.2 Å². The van der Waals surface area contributed by atoms with E-state index >= 15 is 0 Å². The van der Waals surface area contributed by atoms with Gasteiger partial charge in [-0.3, -0.25) is 0 Å². The fourth-order valence-electron chi connectivity index (χ4n) is 3.51. The fraction of sp³-hybridized carbons (Fsp3) is 0.667. The number of nitrogens with two attached hydrogens (primary N) is 1. The number of rotatable bonds is 3. The van der Waals surface area contributed by atoms with E-state index in [-0.39, 0.29) is 6.04 Å². The van der Waals surface area contributed by atoms with Crippen LogP contribution in [0.3, 0.4) is 0 Å². The van der Waals surface area contributed by atoms with Gasteiger partial charge < -0.3 is 10.5 Å². The Morgan fingerprint density at radius 3 is 2.29 bits per heavy atom. The molecule has 118 valence electrons. The molecule has 21 heavy (non-hydrogen) atoms.